The first-order valence-electron chi connectivity index (χ1n) is 5.53. The van der Waals surface area contributed by atoms with E-state index in [0.29, 0.717) is 23.4 Å². The summed E-state index contributed by atoms with van der Waals surface area (Å²) in [5.41, 5.74) is 0.310. The predicted octanol–water partition coefficient (Wildman–Crippen LogP) is 2.49. The van der Waals surface area contributed by atoms with Crippen LogP contribution in [0.1, 0.15) is 29.6 Å². The third kappa shape index (κ3) is 2.53. The van der Waals surface area contributed by atoms with Gasteiger partial charge in [-0.15, -0.1) is 0 Å². The molecule has 3 nitrogen and oxygen atoms in total. The van der Waals surface area contributed by atoms with Crippen LogP contribution in [0, 0.1) is 0 Å². The summed E-state index contributed by atoms with van der Waals surface area (Å²) < 4.78 is 23.7. The summed E-state index contributed by atoms with van der Waals surface area (Å²) >= 11 is 5.92. The van der Waals surface area contributed by atoms with E-state index in [1.807, 2.05) is 0 Å². The lowest BCUT2D eigenvalue weighted by Gasteiger charge is -2.21. The number of carbonyl (C=O) groups excluding carboxylic acids is 1. The van der Waals surface area contributed by atoms with Crippen LogP contribution >= 0.6 is 11.6 Å². The number of rotatable bonds is 2. The Morgan fingerprint density at radius 1 is 1.24 bits per heavy atom. The molecule has 1 saturated heterocycles. The molecule has 1 unspecified atom stereocenters. The second kappa shape index (κ2) is 4.78. The molecule has 17 heavy (non-hydrogen) atoms. The Morgan fingerprint density at radius 3 is 2.59 bits per heavy atom. The van der Waals surface area contributed by atoms with Crippen molar-refractivity contribution in [2.45, 2.75) is 24.5 Å². The summed E-state index contributed by atoms with van der Waals surface area (Å²) in [6, 6.07) is 6.59. The average molecular weight is 273 g/mol. The molecule has 0 aromatic heterocycles. The standard InChI is InChI=1S/C12H13ClO3S/c13-10-6-2-1-5-9(10)12(14)11-7-3-4-8-17(11,15)16/h1-2,5-6,11H,3-4,7-8H2. The predicted molar refractivity (Wildman–Crippen MR) is 67.2 cm³/mol. The lowest BCUT2D eigenvalue weighted by atomic mass is 10.0. The molecule has 1 atom stereocenters. The van der Waals surface area contributed by atoms with Gasteiger partial charge in [0.05, 0.1) is 10.8 Å². The summed E-state index contributed by atoms with van der Waals surface area (Å²) in [4.78, 5) is 12.2. The van der Waals surface area contributed by atoms with Crippen molar-refractivity contribution in [3.05, 3.63) is 34.9 Å². The molecule has 1 aliphatic rings. The van der Waals surface area contributed by atoms with E-state index in [-0.39, 0.29) is 11.5 Å². The SMILES string of the molecule is O=C(c1ccccc1Cl)C1CCCCS1(=O)=O. The molecule has 0 aliphatic carbocycles. The molecule has 5 heteroatoms. The highest BCUT2D eigenvalue weighted by atomic mass is 35.5. The highest BCUT2D eigenvalue weighted by molar-refractivity contribution is 7.92. The molecule has 2 rings (SSSR count). The van der Waals surface area contributed by atoms with Crippen molar-refractivity contribution in [2.75, 3.05) is 5.75 Å². The molecule has 0 amide bonds. The molecular weight excluding hydrogens is 260 g/mol. The molecule has 0 radical (unpaired) electrons. The maximum atomic E-state index is 12.2. The van der Waals surface area contributed by atoms with Crippen molar-refractivity contribution >= 4 is 27.2 Å². The molecule has 1 aliphatic heterocycles. The first-order chi connectivity index (χ1) is 8.02. The van der Waals surface area contributed by atoms with Crippen molar-refractivity contribution in [1.29, 1.82) is 0 Å². The van der Waals surface area contributed by atoms with Gasteiger partial charge in [0.15, 0.2) is 15.6 Å². The summed E-state index contributed by atoms with van der Waals surface area (Å²) in [7, 11) is -3.30. The molecule has 1 fully saturated rings. The lowest BCUT2D eigenvalue weighted by Crippen LogP contribution is -2.35. The minimum Gasteiger partial charge on any atom is -0.293 e. The first kappa shape index (κ1) is 12.6. The van der Waals surface area contributed by atoms with Crippen LogP contribution in [-0.4, -0.2) is 25.2 Å². The molecule has 0 bridgehead atoms. The van der Waals surface area contributed by atoms with Gasteiger partial charge in [-0.3, -0.25) is 4.79 Å². The molecule has 92 valence electrons. The number of ketones is 1. The Balaban J connectivity index is 2.35. The van der Waals surface area contributed by atoms with Crippen LogP contribution in [0.4, 0.5) is 0 Å². The second-order valence-electron chi connectivity index (χ2n) is 4.20. The van der Waals surface area contributed by atoms with Gasteiger partial charge >= 0.3 is 0 Å². The first-order valence-corrected chi connectivity index (χ1v) is 7.62. The van der Waals surface area contributed by atoms with Gasteiger partial charge in [-0.25, -0.2) is 8.42 Å². The van der Waals surface area contributed by atoms with E-state index in [4.69, 9.17) is 11.6 Å². The Hall–Kier alpha value is -0.870. The monoisotopic (exact) mass is 272 g/mol. The highest BCUT2D eigenvalue weighted by Gasteiger charge is 2.35. The zero-order valence-electron chi connectivity index (χ0n) is 9.23. The third-order valence-corrected chi connectivity index (χ3v) is 5.51. The van der Waals surface area contributed by atoms with Crippen molar-refractivity contribution in [1.82, 2.24) is 0 Å². The Labute approximate surface area is 106 Å². The summed E-state index contributed by atoms with van der Waals surface area (Å²) in [6.45, 7) is 0. The fourth-order valence-corrected chi connectivity index (χ4v) is 4.18. The fourth-order valence-electron chi connectivity index (χ4n) is 2.08. The minimum absolute atomic E-state index is 0.105. The Bertz CT molecular complexity index is 536. The maximum absolute atomic E-state index is 12.2. The largest absolute Gasteiger partial charge is 0.293 e. The van der Waals surface area contributed by atoms with E-state index in [2.05, 4.69) is 0 Å². The van der Waals surface area contributed by atoms with Crippen molar-refractivity contribution in [3.8, 4) is 0 Å². The number of benzene rings is 1. The molecule has 0 N–H and O–H groups in total. The van der Waals surface area contributed by atoms with Gasteiger partial charge in [-0.2, -0.15) is 0 Å². The van der Waals surface area contributed by atoms with Gasteiger partial charge in [0.2, 0.25) is 0 Å². The average Bonchev–Trinajstić information content (AvgIpc) is 2.28. The quantitative estimate of drug-likeness (QED) is 0.777. The lowest BCUT2D eigenvalue weighted by molar-refractivity contribution is 0.0981. The van der Waals surface area contributed by atoms with Gasteiger partial charge < -0.3 is 0 Å². The number of Topliss-reactive ketones (excluding diaryl/α,β-unsaturated/α-hetero) is 1. The van der Waals surface area contributed by atoms with Crippen LogP contribution in [-0.2, 0) is 9.84 Å². The number of sulfone groups is 1. The van der Waals surface area contributed by atoms with E-state index in [1.165, 1.54) is 0 Å². The van der Waals surface area contributed by atoms with Crippen molar-refractivity contribution in [2.24, 2.45) is 0 Å². The summed E-state index contributed by atoms with van der Waals surface area (Å²) in [5, 5.41) is -0.588. The van der Waals surface area contributed by atoms with Gasteiger partial charge in [-0.05, 0) is 25.0 Å². The van der Waals surface area contributed by atoms with Crippen LogP contribution in [0.25, 0.3) is 0 Å². The van der Waals surface area contributed by atoms with Crippen LogP contribution in [0.2, 0.25) is 5.02 Å². The van der Waals surface area contributed by atoms with E-state index < -0.39 is 15.1 Å². The zero-order valence-corrected chi connectivity index (χ0v) is 10.8. The second-order valence-corrected chi connectivity index (χ2v) is 6.91. The number of hydrogen-bond donors (Lipinski definition) is 0. The van der Waals surface area contributed by atoms with Crippen LogP contribution in [0.3, 0.4) is 0 Å². The van der Waals surface area contributed by atoms with Crippen molar-refractivity contribution in [3.63, 3.8) is 0 Å². The van der Waals surface area contributed by atoms with Crippen molar-refractivity contribution < 1.29 is 13.2 Å². The molecule has 0 saturated carbocycles. The topological polar surface area (TPSA) is 51.2 Å². The van der Waals surface area contributed by atoms with Crippen LogP contribution in [0.15, 0.2) is 24.3 Å². The molecule has 0 spiro atoms. The smallest absolute Gasteiger partial charge is 0.182 e. The van der Waals surface area contributed by atoms with E-state index in [0.717, 1.165) is 6.42 Å². The van der Waals surface area contributed by atoms with Gasteiger partial charge in [0.25, 0.3) is 0 Å². The van der Waals surface area contributed by atoms with Crippen LogP contribution < -0.4 is 0 Å². The molecule has 1 aromatic rings. The van der Waals surface area contributed by atoms with Gasteiger partial charge in [0.1, 0.15) is 5.25 Å². The van der Waals surface area contributed by atoms with E-state index >= 15 is 0 Å². The zero-order chi connectivity index (χ0) is 12.5. The van der Waals surface area contributed by atoms with Gasteiger partial charge in [0, 0.05) is 5.56 Å². The normalized spacial score (nSPS) is 23.2. The Morgan fingerprint density at radius 2 is 1.94 bits per heavy atom. The Kier molecular flexibility index (Phi) is 3.54. The molecular formula is C12H13ClO3S. The molecule has 1 heterocycles. The summed E-state index contributed by atoms with van der Waals surface area (Å²) in [6.07, 6.45) is 1.83. The van der Waals surface area contributed by atoms with Gasteiger partial charge in [-0.1, -0.05) is 30.2 Å². The third-order valence-electron chi connectivity index (χ3n) is 3.01. The molecule has 1 aromatic carbocycles. The fraction of sp³-hybridized carbons (Fsp3) is 0.417. The van der Waals surface area contributed by atoms with Crippen LogP contribution in [0.5, 0.6) is 0 Å². The maximum Gasteiger partial charge on any atom is 0.182 e. The summed E-state index contributed by atoms with van der Waals surface area (Å²) in [5.74, 6) is -0.260. The minimum atomic E-state index is -3.30. The highest BCUT2D eigenvalue weighted by Crippen LogP contribution is 2.26. The number of hydrogen-bond acceptors (Lipinski definition) is 3. The van der Waals surface area contributed by atoms with E-state index in [9.17, 15) is 13.2 Å². The number of halogens is 1. The van der Waals surface area contributed by atoms with E-state index in [1.54, 1.807) is 24.3 Å². The number of carbonyl (C=O) groups is 1.